The maximum Gasteiger partial charge on any atom is 0.222 e. The number of hydrogen-bond donors (Lipinski definition) is 1. The number of carbonyl (C=O) groups excluding carboxylic acids is 1. The Kier molecular flexibility index (Phi) is 5.07. The Morgan fingerprint density at radius 1 is 1.39 bits per heavy atom. The highest BCUT2D eigenvalue weighted by molar-refractivity contribution is 9.09. The Bertz CT molecular complexity index is 286. The van der Waals surface area contributed by atoms with Crippen LogP contribution in [0.25, 0.3) is 0 Å². The smallest absolute Gasteiger partial charge is 0.222 e. The number of ether oxygens (including phenoxy) is 1. The largest absolute Gasteiger partial charge is 0.378 e. The normalized spacial score (nSPS) is 30.6. The number of rotatable bonds is 5. The molecule has 2 aliphatic carbocycles. The molecule has 0 spiro atoms. The summed E-state index contributed by atoms with van der Waals surface area (Å²) in [5, 5.41) is 3.09. The minimum atomic E-state index is -0.144. The molecule has 0 aliphatic heterocycles. The molecule has 0 radical (unpaired) electrons. The van der Waals surface area contributed by atoms with Crippen molar-refractivity contribution in [1.29, 1.82) is 0 Å². The van der Waals surface area contributed by atoms with Crippen molar-refractivity contribution in [2.75, 3.05) is 13.7 Å². The van der Waals surface area contributed by atoms with Crippen LogP contribution < -0.4 is 5.32 Å². The first kappa shape index (κ1) is 14.3. The zero-order valence-corrected chi connectivity index (χ0v) is 12.8. The first-order valence-electron chi connectivity index (χ1n) is 7.09. The van der Waals surface area contributed by atoms with Crippen molar-refractivity contribution in [2.45, 2.75) is 61.8 Å². The van der Waals surface area contributed by atoms with Gasteiger partial charge in [-0.05, 0) is 44.4 Å². The summed E-state index contributed by atoms with van der Waals surface area (Å²) in [4.78, 5) is 12.6. The lowest BCUT2D eigenvalue weighted by atomic mass is 9.77. The molecule has 2 saturated carbocycles. The summed E-state index contributed by atoms with van der Waals surface area (Å²) >= 11 is 3.68. The van der Waals surface area contributed by atoms with Gasteiger partial charge in [-0.1, -0.05) is 22.4 Å². The quantitative estimate of drug-likeness (QED) is 0.791. The molecule has 0 saturated heterocycles. The van der Waals surface area contributed by atoms with E-state index in [1.165, 1.54) is 32.1 Å². The van der Waals surface area contributed by atoms with Crippen molar-refractivity contribution in [1.82, 2.24) is 5.32 Å². The molecule has 2 atom stereocenters. The molecule has 0 aromatic heterocycles. The summed E-state index contributed by atoms with van der Waals surface area (Å²) < 4.78 is 5.48. The molecular formula is C14H24BrNO2. The number of amides is 1. The van der Waals surface area contributed by atoms with Gasteiger partial charge in [-0.3, -0.25) is 4.79 Å². The molecule has 0 bridgehead atoms. The number of alkyl halides is 1. The second-order valence-electron chi connectivity index (χ2n) is 5.85. The Balaban J connectivity index is 1.68. The molecule has 104 valence electrons. The molecule has 18 heavy (non-hydrogen) atoms. The van der Waals surface area contributed by atoms with Gasteiger partial charge in [0, 0.05) is 18.5 Å². The van der Waals surface area contributed by atoms with Crippen LogP contribution in [0.5, 0.6) is 0 Å². The second kappa shape index (κ2) is 6.38. The Morgan fingerprint density at radius 3 is 2.72 bits per heavy atom. The third-order valence-electron chi connectivity index (χ3n) is 4.49. The summed E-state index contributed by atoms with van der Waals surface area (Å²) in [5.41, 5.74) is -0.144. The van der Waals surface area contributed by atoms with Crippen LogP contribution in [0.4, 0.5) is 0 Å². The van der Waals surface area contributed by atoms with Crippen LogP contribution in [0.15, 0.2) is 0 Å². The summed E-state index contributed by atoms with van der Waals surface area (Å²) in [7, 11) is 1.73. The van der Waals surface area contributed by atoms with Gasteiger partial charge in [0.2, 0.25) is 5.91 Å². The number of halogens is 1. The van der Waals surface area contributed by atoms with Gasteiger partial charge in [0.1, 0.15) is 0 Å². The van der Waals surface area contributed by atoms with E-state index in [1.54, 1.807) is 7.11 Å². The number of carbonyl (C=O) groups is 1. The van der Waals surface area contributed by atoms with Crippen LogP contribution in [-0.2, 0) is 9.53 Å². The van der Waals surface area contributed by atoms with Gasteiger partial charge in [0.25, 0.3) is 0 Å². The second-order valence-corrected chi connectivity index (χ2v) is 7.15. The van der Waals surface area contributed by atoms with Gasteiger partial charge in [-0.25, -0.2) is 0 Å². The van der Waals surface area contributed by atoms with Crippen molar-refractivity contribution in [3.05, 3.63) is 0 Å². The van der Waals surface area contributed by atoms with E-state index in [9.17, 15) is 4.79 Å². The van der Waals surface area contributed by atoms with E-state index in [0.29, 0.717) is 17.2 Å². The number of methoxy groups -OCH3 is 1. The van der Waals surface area contributed by atoms with Crippen LogP contribution in [-0.4, -0.2) is 30.0 Å². The SMILES string of the molecule is COC1(CC(=O)NCC2CCCC(Br)C2)CCC1. The predicted octanol–water partition coefficient (Wildman–Crippen LogP) is 3.02. The van der Waals surface area contributed by atoms with Gasteiger partial charge in [0.15, 0.2) is 0 Å². The summed E-state index contributed by atoms with van der Waals surface area (Å²) in [6, 6.07) is 0. The van der Waals surface area contributed by atoms with Gasteiger partial charge < -0.3 is 10.1 Å². The molecule has 0 heterocycles. The minimum Gasteiger partial charge on any atom is -0.378 e. The zero-order valence-electron chi connectivity index (χ0n) is 11.2. The fourth-order valence-electron chi connectivity index (χ4n) is 3.05. The monoisotopic (exact) mass is 317 g/mol. The molecule has 2 unspecified atom stereocenters. The highest BCUT2D eigenvalue weighted by Crippen LogP contribution is 2.37. The fourth-order valence-corrected chi connectivity index (χ4v) is 3.90. The van der Waals surface area contributed by atoms with Crippen molar-refractivity contribution < 1.29 is 9.53 Å². The molecule has 0 aromatic carbocycles. The standard InChI is InChI=1S/C14H24BrNO2/c1-18-14(6-3-7-14)9-13(17)16-10-11-4-2-5-12(15)8-11/h11-12H,2-10H2,1H3,(H,16,17). The van der Waals surface area contributed by atoms with Crippen molar-refractivity contribution >= 4 is 21.8 Å². The van der Waals surface area contributed by atoms with E-state index in [0.717, 1.165) is 19.4 Å². The molecule has 4 heteroatoms. The van der Waals surface area contributed by atoms with E-state index in [2.05, 4.69) is 21.2 Å². The fraction of sp³-hybridized carbons (Fsp3) is 0.929. The highest BCUT2D eigenvalue weighted by atomic mass is 79.9. The predicted molar refractivity (Wildman–Crippen MR) is 75.9 cm³/mol. The van der Waals surface area contributed by atoms with Gasteiger partial charge in [-0.15, -0.1) is 0 Å². The third-order valence-corrected chi connectivity index (χ3v) is 5.32. The molecule has 2 aliphatic rings. The average molecular weight is 318 g/mol. The van der Waals surface area contributed by atoms with Crippen molar-refractivity contribution in [3.8, 4) is 0 Å². The summed E-state index contributed by atoms with van der Waals surface area (Å²) in [6.45, 7) is 0.834. The van der Waals surface area contributed by atoms with Crippen LogP contribution in [0.1, 0.15) is 51.4 Å². The lowest BCUT2D eigenvalue weighted by molar-refractivity contribution is -0.134. The molecule has 1 amide bonds. The summed E-state index contributed by atoms with van der Waals surface area (Å²) in [5.74, 6) is 0.806. The molecule has 0 aromatic rings. The molecular weight excluding hydrogens is 294 g/mol. The Labute approximate surface area is 118 Å². The zero-order chi connectivity index (χ0) is 13.0. The van der Waals surface area contributed by atoms with Crippen LogP contribution in [0.3, 0.4) is 0 Å². The first-order chi connectivity index (χ1) is 8.63. The van der Waals surface area contributed by atoms with Crippen LogP contribution in [0.2, 0.25) is 0 Å². The maximum atomic E-state index is 11.9. The topological polar surface area (TPSA) is 38.3 Å². The molecule has 2 rings (SSSR count). The van der Waals surface area contributed by atoms with E-state index in [1.807, 2.05) is 0 Å². The molecule has 1 N–H and O–H groups in total. The number of hydrogen-bond acceptors (Lipinski definition) is 2. The third kappa shape index (κ3) is 3.70. The van der Waals surface area contributed by atoms with E-state index in [-0.39, 0.29) is 11.5 Å². The number of nitrogens with one attached hydrogen (secondary N) is 1. The van der Waals surface area contributed by atoms with E-state index in [4.69, 9.17) is 4.74 Å². The Hall–Kier alpha value is -0.0900. The lowest BCUT2D eigenvalue weighted by Crippen LogP contribution is -2.44. The van der Waals surface area contributed by atoms with Gasteiger partial charge in [0.05, 0.1) is 12.0 Å². The first-order valence-corrected chi connectivity index (χ1v) is 8.01. The highest BCUT2D eigenvalue weighted by Gasteiger charge is 2.39. The van der Waals surface area contributed by atoms with Crippen molar-refractivity contribution in [2.24, 2.45) is 5.92 Å². The van der Waals surface area contributed by atoms with Gasteiger partial charge >= 0.3 is 0 Å². The van der Waals surface area contributed by atoms with E-state index >= 15 is 0 Å². The maximum absolute atomic E-state index is 11.9. The summed E-state index contributed by atoms with van der Waals surface area (Å²) in [6.07, 6.45) is 8.78. The average Bonchev–Trinajstić information content (AvgIpc) is 2.31. The lowest BCUT2D eigenvalue weighted by Gasteiger charge is -2.40. The van der Waals surface area contributed by atoms with Crippen LogP contribution >= 0.6 is 15.9 Å². The van der Waals surface area contributed by atoms with Crippen molar-refractivity contribution in [3.63, 3.8) is 0 Å². The van der Waals surface area contributed by atoms with Gasteiger partial charge in [-0.2, -0.15) is 0 Å². The Morgan fingerprint density at radius 2 is 2.17 bits per heavy atom. The molecule has 3 nitrogen and oxygen atoms in total. The van der Waals surface area contributed by atoms with E-state index < -0.39 is 0 Å². The minimum absolute atomic E-state index is 0.144. The van der Waals surface area contributed by atoms with Crippen LogP contribution in [0, 0.1) is 5.92 Å². The molecule has 2 fully saturated rings.